The molecule has 0 bridgehead atoms. The molecule has 1 aromatic carbocycles. The molecule has 0 atom stereocenters. The maximum absolute atomic E-state index is 11.1. The molecule has 4 heteroatoms. The number of ether oxygens (including phenoxy) is 1. The van der Waals surface area contributed by atoms with Crippen LogP contribution in [0.25, 0.3) is 0 Å². The number of hydrogen-bond donors (Lipinski definition) is 0. The lowest BCUT2D eigenvalue weighted by atomic mass is 10.2. The molecule has 0 heterocycles. The van der Waals surface area contributed by atoms with Gasteiger partial charge in [0.2, 0.25) is 5.92 Å². The van der Waals surface area contributed by atoms with Gasteiger partial charge in [0.05, 0.1) is 12.1 Å². The Hall–Kier alpha value is -2.33. The molecule has 0 aliphatic rings. The lowest BCUT2D eigenvalue weighted by Crippen LogP contribution is -2.14. The van der Waals surface area contributed by atoms with Gasteiger partial charge < -0.3 is 4.74 Å². The van der Waals surface area contributed by atoms with Crippen LogP contribution in [0.4, 0.5) is 0 Å². The average Bonchev–Trinajstić information content (AvgIpc) is 2.29. The molecule has 0 saturated heterocycles. The number of rotatable bonds is 3. The number of benzene rings is 1. The summed E-state index contributed by atoms with van der Waals surface area (Å²) in [6.45, 7) is 0.0829. The molecule has 0 radical (unpaired) electrons. The van der Waals surface area contributed by atoms with Crippen LogP contribution < -0.4 is 0 Å². The van der Waals surface area contributed by atoms with Crippen LogP contribution in [0.3, 0.4) is 0 Å². The molecule has 0 fully saturated rings. The van der Waals surface area contributed by atoms with E-state index in [0.29, 0.717) is 0 Å². The molecule has 0 saturated carbocycles. The fraction of sp³-hybridized carbons (Fsp3) is 0.182. The van der Waals surface area contributed by atoms with Crippen LogP contribution in [-0.4, -0.2) is 5.97 Å². The van der Waals surface area contributed by atoms with E-state index in [4.69, 9.17) is 15.3 Å². The van der Waals surface area contributed by atoms with E-state index < -0.39 is 11.9 Å². The fourth-order valence-electron chi connectivity index (χ4n) is 0.946. The van der Waals surface area contributed by atoms with Crippen molar-refractivity contribution in [2.24, 2.45) is 5.92 Å². The Morgan fingerprint density at radius 3 is 2.40 bits per heavy atom. The third-order valence-corrected chi connectivity index (χ3v) is 1.72. The van der Waals surface area contributed by atoms with Crippen LogP contribution in [0.2, 0.25) is 0 Å². The van der Waals surface area contributed by atoms with E-state index in [2.05, 4.69) is 0 Å². The van der Waals surface area contributed by atoms with E-state index in [1.807, 2.05) is 18.2 Å². The predicted molar refractivity (Wildman–Crippen MR) is 51.0 cm³/mol. The summed E-state index contributed by atoms with van der Waals surface area (Å²) in [5.41, 5.74) is 0.820. The minimum absolute atomic E-state index is 0.0829. The SMILES string of the molecule is N#CC(C#N)C(=O)OCc1ccccc1. The number of nitrogens with zero attached hydrogens (tertiary/aromatic N) is 2. The summed E-state index contributed by atoms with van der Waals surface area (Å²) in [5, 5.41) is 16.8. The molecular formula is C11H8N2O2. The first kappa shape index (κ1) is 10.7. The van der Waals surface area contributed by atoms with Crippen molar-refractivity contribution in [3.05, 3.63) is 35.9 Å². The Labute approximate surface area is 87.3 Å². The molecule has 0 amide bonds. The van der Waals surface area contributed by atoms with Crippen LogP contribution in [-0.2, 0) is 16.1 Å². The average molecular weight is 200 g/mol. The Balaban J connectivity index is 2.49. The summed E-state index contributed by atoms with van der Waals surface area (Å²) in [5.74, 6) is -2.14. The van der Waals surface area contributed by atoms with Crippen molar-refractivity contribution in [3.63, 3.8) is 0 Å². The highest BCUT2D eigenvalue weighted by Gasteiger charge is 2.18. The van der Waals surface area contributed by atoms with E-state index in [0.717, 1.165) is 5.56 Å². The molecule has 0 spiro atoms. The zero-order valence-corrected chi connectivity index (χ0v) is 7.88. The second-order valence-corrected chi connectivity index (χ2v) is 2.78. The van der Waals surface area contributed by atoms with E-state index in [-0.39, 0.29) is 6.61 Å². The van der Waals surface area contributed by atoms with Gasteiger partial charge in [0.15, 0.2) is 0 Å². The standard InChI is InChI=1S/C11H8N2O2/c12-6-10(7-13)11(14)15-8-9-4-2-1-3-5-9/h1-5,10H,8H2. The molecule has 0 unspecified atom stereocenters. The largest absolute Gasteiger partial charge is 0.459 e. The van der Waals surface area contributed by atoms with Crippen molar-refractivity contribution in [2.75, 3.05) is 0 Å². The van der Waals surface area contributed by atoms with Crippen molar-refractivity contribution in [2.45, 2.75) is 6.61 Å². The molecule has 1 rings (SSSR count). The van der Waals surface area contributed by atoms with Gasteiger partial charge in [-0.3, -0.25) is 0 Å². The molecule has 15 heavy (non-hydrogen) atoms. The van der Waals surface area contributed by atoms with Crippen molar-refractivity contribution in [3.8, 4) is 12.1 Å². The molecule has 74 valence electrons. The zero-order chi connectivity index (χ0) is 11.1. The maximum atomic E-state index is 11.1. The summed E-state index contributed by atoms with van der Waals surface area (Å²) in [6, 6.07) is 12.2. The number of nitriles is 2. The quantitative estimate of drug-likeness (QED) is 0.691. The smallest absolute Gasteiger partial charge is 0.338 e. The highest BCUT2D eigenvalue weighted by atomic mass is 16.5. The first-order valence-corrected chi connectivity index (χ1v) is 4.27. The molecule has 0 N–H and O–H groups in total. The summed E-state index contributed by atoms with van der Waals surface area (Å²) in [4.78, 5) is 11.1. The monoisotopic (exact) mass is 200 g/mol. The van der Waals surface area contributed by atoms with Gasteiger partial charge in [-0.05, 0) is 5.56 Å². The molecule has 4 nitrogen and oxygen atoms in total. The lowest BCUT2D eigenvalue weighted by molar-refractivity contribution is -0.146. The minimum Gasteiger partial charge on any atom is -0.459 e. The second-order valence-electron chi connectivity index (χ2n) is 2.78. The van der Waals surface area contributed by atoms with Crippen LogP contribution in [0.5, 0.6) is 0 Å². The van der Waals surface area contributed by atoms with Gasteiger partial charge in [-0.2, -0.15) is 10.5 Å². The maximum Gasteiger partial charge on any atom is 0.338 e. The van der Waals surface area contributed by atoms with Crippen LogP contribution >= 0.6 is 0 Å². The predicted octanol–water partition coefficient (Wildman–Crippen LogP) is 1.39. The first-order valence-electron chi connectivity index (χ1n) is 4.27. The van der Waals surface area contributed by atoms with Gasteiger partial charge in [-0.25, -0.2) is 4.79 Å². The van der Waals surface area contributed by atoms with E-state index in [9.17, 15) is 4.79 Å². The number of carbonyl (C=O) groups is 1. The van der Waals surface area contributed by atoms with Crippen molar-refractivity contribution < 1.29 is 9.53 Å². The molecule has 0 aliphatic carbocycles. The summed E-state index contributed by atoms with van der Waals surface area (Å²) in [7, 11) is 0. The van der Waals surface area contributed by atoms with Crippen molar-refractivity contribution in [1.82, 2.24) is 0 Å². The highest BCUT2D eigenvalue weighted by Crippen LogP contribution is 2.03. The van der Waals surface area contributed by atoms with Crippen molar-refractivity contribution >= 4 is 5.97 Å². The first-order chi connectivity index (χ1) is 7.27. The third kappa shape index (κ3) is 3.13. The highest BCUT2D eigenvalue weighted by molar-refractivity contribution is 5.78. The Bertz CT molecular complexity index is 400. The summed E-state index contributed by atoms with van der Waals surface area (Å²) in [6.07, 6.45) is 0. The normalized spacial score (nSPS) is 9.00. The third-order valence-electron chi connectivity index (χ3n) is 1.72. The molecule has 0 aromatic heterocycles. The van der Waals surface area contributed by atoms with Gasteiger partial charge in [0, 0.05) is 0 Å². The Morgan fingerprint density at radius 2 is 1.87 bits per heavy atom. The molecular weight excluding hydrogens is 192 g/mol. The van der Waals surface area contributed by atoms with Crippen LogP contribution in [0, 0.1) is 28.6 Å². The minimum atomic E-state index is -1.34. The Kier molecular flexibility index (Phi) is 3.88. The topological polar surface area (TPSA) is 73.9 Å². The van der Waals surface area contributed by atoms with Gasteiger partial charge in [0.1, 0.15) is 6.61 Å². The van der Waals surface area contributed by atoms with Gasteiger partial charge in [-0.1, -0.05) is 30.3 Å². The Morgan fingerprint density at radius 1 is 1.27 bits per heavy atom. The van der Waals surface area contributed by atoms with Gasteiger partial charge in [-0.15, -0.1) is 0 Å². The zero-order valence-electron chi connectivity index (χ0n) is 7.88. The van der Waals surface area contributed by atoms with E-state index in [1.165, 1.54) is 0 Å². The summed E-state index contributed by atoms with van der Waals surface area (Å²) < 4.78 is 4.79. The van der Waals surface area contributed by atoms with Gasteiger partial charge in [0.25, 0.3) is 0 Å². The summed E-state index contributed by atoms with van der Waals surface area (Å²) >= 11 is 0. The second kappa shape index (κ2) is 5.41. The number of carbonyl (C=O) groups excluding carboxylic acids is 1. The van der Waals surface area contributed by atoms with Crippen molar-refractivity contribution in [1.29, 1.82) is 10.5 Å². The number of esters is 1. The van der Waals surface area contributed by atoms with E-state index in [1.54, 1.807) is 24.3 Å². The van der Waals surface area contributed by atoms with Crippen LogP contribution in [0.15, 0.2) is 30.3 Å². The van der Waals surface area contributed by atoms with Gasteiger partial charge >= 0.3 is 5.97 Å². The number of hydrogen-bond acceptors (Lipinski definition) is 4. The molecule has 1 aromatic rings. The lowest BCUT2D eigenvalue weighted by Gasteiger charge is -2.03. The molecule has 0 aliphatic heterocycles. The van der Waals surface area contributed by atoms with E-state index >= 15 is 0 Å². The van der Waals surface area contributed by atoms with Crippen LogP contribution in [0.1, 0.15) is 5.56 Å². The fourth-order valence-corrected chi connectivity index (χ4v) is 0.946.